The summed E-state index contributed by atoms with van der Waals surface area (Å²) in [5.41, 5.74) is -0.776. The van der Waals surface area contributed by atoms with Gasteiger partial charge in [-0.25, -0.2) is 0 Å². The molecule has 2 unspecified atom stereocenters. The van der Waals surface area contributed by atoms with Gasteiger partial charge in [0.1, 0.15) is 11.6 Å². The molecule has 0 radical (unpaired) electrons. The second kappa shape index (κ2) is 6.37. The summed E-state index contributed by atoms with van der Waals surface area (Å²) < 4.78 is 5.51. The summed E-state index contributed by atoms with van der Waals surface area (Å²) in [6, 6.07) is -0.422. The molecule has 5 heteroatoms. The molecule has 0 bridgehead atoms. The number of rotatable bonds is 6. The van der Waals surface area contributed by atoms with Gasteiger partial charge in [0, 0.05) is 13.2 Å². The molecule has 1 saturated heterocycles. The third-order valence-corrected chi connectivity index (χ3v) is 3.61. The van der Waals surface area contributed by atoms with Crippen molar-refractivity contribution in [2.75, 3.05) is 19.8 Å². The van der Waals surface area contributed by atoms with Gasteiger partial charge < -0.3 is 15.0 Å². The van der Waals surface area contributed by atoms with Gasteiger partial charge in [-0.2, -0.15) is 0 Å². The Morgan fingerprint density at radius 3 is 2.58 bits per heavy atom. The van der Waals surface area contributed by atoms with Crippen molar-refractivity contribution in [3.05, 3.63) is 0 Å². The van der Waals surface area contributed by atoms with Gasteiger partial charge in [0.15, 0.2) is 0 Å². The molecule has 1 N–H and O–H groups in total. The summed E-state index contributed by atoms with van der Waals surface area (Å²) in [6.45, 7) is 11.2. The second-order valence-corrected chi connectivity index (χ2v) is 5.82. The maximum Gasteiger partial charge on any atom is 0.248 e. The Hall–Kier alpha value is -1.10. The van der Waals surface area contributed by atoms with Crippen molar-refractivity contribution < 1.29 is 14.3 Å². The Bertz CT molecular complexity index is 344. The van der Waals surface area contributed by atoms with E-state index in [2.05, 4.69) is 19.2 Å². The second-order valence-electron chi connectivity index (χ2n) is 5.82. The monoisotopic (exact) mass is 270 g/mol. The van der Waals surface area contributed by atoms with E-state index in [9.17, 15) is 9.59 Å². The molecule has 0 aromatic heterocycles. The molecule has 1 fully saturated rings. The van der Waals surface area contributed by atoms with Gasteiger partial charge >= 0.3 is 0 Å². The van der Waals surface area contributed by atoms with Gasteiger partial charge in [-0.05, 0) is 26.2 Å². The average Bonchev–Trinajstić information content (AvgIpc) is 2.35. The maximum absolute atomic E-state index is 12.4. The van der Waals surface area contributed by atoms with Crippen molar-refractivity contribution in [3.8, 4) is 0 Å². The normalized spacial score (nSPS) is 27.9. The Labute approximate surface area is 115 Å². The van der Waals surface area contributed by atoms with Crippen LogP contribution >= 0.6 is 0 Å². The van der Waals surface area contributed by atoms with E-state index in [0.29, 0.717) is 32.1 Å². The van der Waals surface area contributed by atoms with E-state index in [0.717, 1.165) is 0 Å². The number of piperazine rings is 1. The van der Waals surface area contributed by atoms with Crippen LogP contribution in [0.15, 0.2) is 0 Å². The SMILES string of the molecule is CCC1(C)NC(=O)C(C)N(CCOCC(C)C)C1=O. The van der Waals surface area contributed by atoms with Crippen molar-refractivity contribution >= 4 is 11.8 Å². The van der Waals surface area contributed by atoms with Gasteiger partial charge in [0.05, 0.1) is 6.61 Å². The van der Waals surface area contributed by atoms with Crippen LogP contribution in [0.1, 0.15) is 41.0 Å². The first-order chi connectivity index (χ1) is 8.81. The molecule has 0 aromatic carbocycles. The fraction of sp³-hybridized carbons (Fsp3) is 0.857. The third kappa shape index (κ3) is 3.69. The van der Waals surface area contributed by atoms with E-state index in [1.165, 1.54) is 0 Å². The highest BCUT2D eigenvalue weighted by atomic mass is 16.5. The van der Waals surface area contributed by atoms with Crippen LogP contribution in [-0.4, -0.2) is 48.1 Å². The lowest BCUT2D eigenvalue weighted by atomic mass is 9.92. The molecule has 1 aliphatic heterocycles. The smallest absolute Gasteiger partial charge is 0.248 e. The minimum Gasteiger partial charge on any atom is -0.379 e. The van der Waals surface area contributed by atoms with E-state index < -0.39 is 11.6 Å². The van der Waals surface area contributed by atoms with E-state index >= 15 is 0 Å². The number of nitrogens with zero attached hydrogens (tertiary/aromatic N) is 1. The summed E-state index contributed by atoms with van der Waals surface area (Å²) in [5.74, 6) is 0.363. The third-order valence-electron chi connectivity index (χ3n) is 3.61. The first kappa shape index (κ1) is 16.0. The average molecular weight is 270 g/mol. The fourth-order valence-corrected chi connectivity index (χ4v) is 2.08. The fourth-order valence-electron chi connectivity index (χ4n) is 2.08. The molecule has 0 spiro atoms. The highest BCUT2D eigenvalue weighted by Crippen LogP contribution is 2.21. The summed E-state index contributed by atoms with van der Waals surface area (Å²) in [4.78, 5) is 26.0. The lowest BCUT2D eigenvalue weighted by molar-refractivity contribution is -0.154. The lowest BCUT2D eigenvalue weighted by Crippen LogP contribution is -2.68. The lowest BCUT2D eigenvalue weighted by Gasteiger charge is -2.43. The molecular formula is C14H26N2O3. The van der Waals surface area contributed by atoms with Crippen molar-refractivity contribution in [2.45, 2.75) is 52.6 Å². The van der Waals surface area contributed by atoms with Crippen LogP contribution in [0.25, 0.3) is 0 Å². The van der Waals surface area contributed by atoms with E-state index in [4.69, 9.17) is 4.74 Å². The largest absolute Gasteiger partial charge is 0.379 e. The van der Waals surface area contributed by atoms with Crippen LogP contribution in [0.3, 0.4) is 0 Å². The Morgan fingerprint density at radius 1 is 1.42 bits per heavy atom. The summed E-state index contributed by atoms with van der Waals surface area (Å²) in [6.07, 6.45) is 0.591. The molecule has 2 amide bonds. The minimum atomic E-state index is -0.776. The van der Waals surface area contributed by atoms with Crippen molar-refractivity contribution in [2.24, 2.45) is 5.92 Å². The molecule has 0 aliphatic carbocycles. The molecule has 5 nitrogen and oxygen atoms in total. The molecule has 1 heterocycles. The number of amides is 2. The van der Waals surface area contributed by atoms with E-state index in [1.54, 1.807) is 18.7 Å². The number of ether oxygens (including phenoxy) is 1. The zero-order valence-corrected chi connectivity index (χ0v) is 12.7. The van der Waals surface area contributed by atoms with E-state index in [-0.39, 0.29) is 11.8 Å². The first-order valence-electron chi connectivity index (χ1n) is 7.02. The maximum atomic E-state index is 12.4. The van der Waals surface area contributed by atoms with Crippen molar-refractivity contribution in [3.63, 3.8) is 0 Å². The first-order valence-corrected chi connectivity index (χ1v) is 7.02. The molecule has 0 saturated carbocycles. The topological polar surface area (TPSA) is 58.6 Å². The van der Waals surface area contributed by atoms with E-state index in [1.807, 2.05) is 6.92 Å². The number of nitrogens with one attached hydrogen (secondary N) is 1. The molecule has 0 aromatic rings. The quantitative estimate of drug-likeness (QED) is 0.737. The Kier molecular flexibility index (Phi) is 5.35. The molecule has 19 heavy (non-hydrogen) atoms. The number of hydrogen-bond donors (Lipinski definition) is 1. The molecule has 2 atom stereocenters. The van der Waals surface area contributed by atoms with Crippen LogP contribution in [0.4, 0.5) is 0 Å². The molecule has 1 rings (SSSR count). The number of hydrogen-bond acceptors (Lipinski definition) is 3. The highest BCUT2D eigenvalue weighted by Gasteiger charge is 2.44. The van der Waals surface area contributed by atoms with Crippen molar-refractivity contribution in [1.29, 1.82) is 0 Å². The standard InChI is InChI=1S/C14H26N2O3/c1-6-14(5)13(18)16(11(4)12(17)15-14)7-8-19-9-10(2)3/h10-11H,6-9H2,1-5H3,(H,15,17). The van der Waals surface area contributed by atoms with Crippen molar-refractivity contribution in [1.82, 2.24) is 10.2 Å². The van der Waals surface area contributed by atoms with Gasteiger partial charge in [-0.3, -0.25) is 9.59 Å². The predicted octanol–water partition coefficient (Wildman–Crippen LogP) is 1.17. The van der Waals surface area contributed by atoms with Gasteiger partial charge in [-0.1, -0.05) is 20.8 Å². The van der Waals surface area contributed by atoms with Crippen LogP contribution in [0.5, 0.6) is 0 Å². The summed E-state index contributed by atoms with van der Waals surface area (Å²) in [5, 5.41) is 2.81. The Morgan fingerprint density at radius 2 is 2.05 bits per heavy atom. The van der Waals surface area contributed by atoms with Crippen LogP contribution < -0.4 is 5.32 Å². The predicted molar refractivity (Wildman–Crippen MR) is 73.7 cm³/mol. The minimum absolute atomic E-state index is 0.0183. The molecule has 110 valence electrons. The zero-order chi connectivity index (χ0) is 14.6. The summed E-state index contributed by atoms with van der Waals surface area (Å²) in [7, 11) is 0. The van der Waals surface area contributed by atoms with Gasteiger partial charge in [-0.15, -0.1) is 0 Å². The van der Waals surface area contributed by atoms with Crippen LogP contribution in [0, 0.1) is 5.92 Å². The van der Waals surface area contributed by atoms with Crippen LogP contribution in [0.2, 0.25) is 0 Å². The Balaban J connectivity index is 2.63. The summed E-state index contributed by atoms with van der Waals surface area (Å²) >= 11 is 0. The number of carbonyl (C=O) groups is 2. The van der Waals surface area contributed by atoms with Gasteiger partial charge in [0.2, 0.25) is 11.8 Å². The molecular weight excluding hydrogens is 244 g/mol. The highest BCUT2D eigenvalue weighted by molar-refractivity contribution is 5.99. The van der Waals surface area contributed by atoms with Gasteiger partial charge in [0.25, 0.3) is 0 Å². The molecule has 1 aliphatic rings. The zero-order valence-electron chi connectivity index (χ0n) is 12.7. The van der Waals surface area contributed by atoms with Crippen LogP contribution in [-0.2, 0) is 14.3 Å². The number of carbonyl (C=O) groups excluding carboxylic acids is 2.